The maximum atomic E-state index is 12.7. The highest BCUT2D eigenvalue weighted by Gasteiger charge is 2.30. The largest absolute Gasteiger partial charge is 0.487 e. The van der Waals surface area contributed by atoms with E-state index >= 15 is 0 Å². The number of halogens is 3. The van der Waals surface area contributed by atoms with E-state index in [1.165, 1.54) is 6.07 Å². The van der Waals surface area contributed by atoms with E-state index in [9.17, 15) is 13.2 Å². The highest BCUT2D eigenvalue weighted by Crippen LogP contribution is 2.32. The molecule has 1 N–H and O–H groups in total. The Balaban J connectivity index is 2.37. The normalized spacial score (nSPS) is 12.7. The summed E-state index contributed by atoms with van der Waals surface area (Å²) in [5, 5.41) is 0.480. The zero-order chi connectivity index (χ0) is 15.1. The third kappa shape index (κ3) is 3.15. The summed E-state index contributed by atoms with van der Waals surface area (Å²) in [6.45, 7) is 9.43. The number of hydrogen-bond donors (Lipinski definition) is 1. The molecule has 0 saturated heterocycles. The molecule has 0 radical (unpaired) electrons. The van der Waals surface area contributed by atoms with Crippen molar-refractivity contribution in [2.24, 2.45) is 0 Å². The number of rotatable bonds is 2. The van der Waals surface area contributed by atoms with Crippen molar-refractivity contribution in [3.8, 4) is 0 Å². The van der Waals surface area contributed by atoms with Gasteiger partial charge < -0.3 is 9.72 Å². The van der Waals surface area contributed by atoms with Crippen LogP contribution in [0.25, 0.3) is 16.7 Å². The molecule has 0 amide bonds. The van der Waals surface area contributed by atoms with Gasteiger partial charge in [-0.25, -0.2) is 0 Å². The zero-order valence-corrected chi connectivity index (χ0v) is 11.6. The summed E-state index contributed by atoms with van der Waals surface area (Å²) in [6.07, 6.45) is -4.34. The van der Waals surface area contributed by atoms with Gasteiger partial charge in [0, 0.05) is 10.9 Å². The van der Waals surface area contributed by atoms with Crippen molar-refractivity contribution in [2.45, 2.75) is 32.5 Å². The molecule has 1 aromatic heterocycles. The molecule has 5 heteroatoms. The molecule has 0 unspecified atom stereocenters. The smallest absolute Gasteiger partial charge is 0.416 e. The first-order valence-electron chi connectivity index (χ1n) is 6.14. The molecular formula is C15H16F3NO. The molecule has 0 fully saturated rings. The fourth-order valence-electron chi connectivity index (χ4n) is 1.88. The second-order valence-corrected chi connectivity index (χ2v) is 5.62. The van der Waals surface area contributed by atoms with Gasteiger partial charge in [-0.2, -0.15) is 13.2 Å². The molecule has 2 rings (SSSR count). The molecule has 20 heavy (non-hydrogen) atoms. The third-order valence-electron chi connectivity index (χ3n) is 2.68. The molecule has 0 spiro atoms. The van der Waals surface area contributed by atoms with Crippen LogP contribution in [-0.2, 0) is 10.9 Å². The first-order chi connectivity index (χ1) is 9.06. The van der Waals surface area contributed by atoms with Gasteiger partial charge in [-0.3, -0.25) is 0 Å². The van der Waals surface area contributed by atoms with E-state index in [-0.39, 0.29) is 0 Å². The maximum absolute atomic E-state index is 12.7. The number of alkyl halides is 3. The molecule has 0 atom stereocenters. The number of aromatic amines is 1. The summed E-state index contributed by atoms with van der Waals surface area (Å²) in [4.78, 5) is 3.00. The van der Waals surface area contributed by atoms with Crippen molar-refractivity contribution in [1.29, 1.82) is 0 Å². The Kier molecular flexibility index (Phi) is 3.32. The van der Waals surface area contributed by atoms with Gasteiger partial charge in [0.05, 0.1) is 11.3 Å². The summed E-state index contributed by atoms with van der Waals surface area (Å²) in [5.41, 5.74) is 0.115. The van der Waals surface area contributed by atoms with E-state index in [1.54, 1.807) is 6.07 Å². The number of aromatic nitrogens is 1. The molecule has 0 saturated carbocycles. The molecule has 0 aliphatic carbocycles. The summed E-state index contributed by atoms with van der Waals surface area (Å²) in [6, 6.07) is 5.18. The number of hydrogen-bond acceptors (Lipinski definition) is 1. The highest BCUT2D eigenvalue weighted by atomic mass is 19.4. The van der Waals surface area contributed by atoms with Crippen LogP contribution < -0.4 is 0 Å². The fourth-order valence-corrected chi connectivity index (χ4v) is 1.88. The number of H-pyrrole nitrogens is 1. The van der Waals surface area contributed by atoms with Gasteiger partial charge >= 0.3 is 6.18 Å². The van der Waals surface area contributed by atoms with Crippen molar-refractivity contribution in [2.75, 3.05) is 0 Å². The molecule has 1 aromatic carbocycles. The summed E-state index contributed by atoms with van der Waals surface area (Å²) >= 11 is 0. The van der Waals surface area contributed by atoms with Crippen molar-refractivity contribution >= 4 is 16.7 Å². The number of fused-ring (bicyclic) bond motifs is 1. The quantitative estimate of drug-likeness (QED) is 0.773. The minimum Gasteiger partial charge on any atom is -0.487 e. The molecule has 1 heterocycles. The summed E-state index contributed by atoms with van der Waals surface area (Å²) in [7, 11) is 0. The van der Waals surface area contributed by atoms with Gasteiger partial charge in [0.15, 0.2) is 0 Å². The Hall–Kier alpha value is -1.91. The van der Waals surface area contributed by atoms with Crippen LogP contribution in [0.1, 0.15) is 32.0 Å². The minimum atomic E-state index is -4.34. The van der Waals surface area contributed by atoms with Crippen LogP contribution in [0.5, 0.6) is 0 Å². The average molecular weight is 283 g/mol. The lowest BCUT2D eigenvalue weighted by Gasteiger charge is -2.22. The van der Waals surface area contributed by atoms with Crippen molar-refractivity contribution in [1.82, 2.24) is 4.98 Å². The Morgan fingerprint density at radius 1 is 1.15 bits per heavy atom. The topological polar surface area (TPSA) is 25.0 Å². The van der Waals surface area contributed by atoms with Crippen molar-refractivity contribution < 1.29 is 17.9 Å². The predicted octanol–water partition coefficient (Wildman–Crippen LogP) is 4.97. The lowest BCUT2D eigenvalue weighted by atomic mass is 10.1. The number of nitrogens with one attached hydrogen (secondary N) is 1. The van der Waals surface area contributed by atoms with E-state index in [1.807, 2.05) is 20.8 Å². The van der Waals surface area contributed by atoms with Crippen molar-refractivity contribution in [3.63, 3.8) is 0 Å². The predicted molar refractivity (Wildman–Crippen MR) is 73.2 cm³/mol. The highest BCUT2D eigenvalue weighted by molar-refractivity contribution is 5.84. The molecule has 2 aromatic rings. The fraction of sp³-hybridized carbons (Fsp3) is 0.333. The third-order valence-corrected chi connectivity index (χ3v) is 2.68. The van der Waals surface area contributed by atoms with E-state index in [2.05, 4.69) is 11.6 Å². The van der Waals surface area contributed by atoms with Crippen LogP contribution in [0.15, 0.2) is 30.8 Å². The Morgan fingerprint density at radius 2 is 1.80 bits per heavy atom. The van der Waals surface area contributed by atoms with Crippen LogP contribution in [0.2, 0.25) is 0 Å². The van der Waals surface area contributed by atoms with Gasteiger partial charge in [-0.15, -0.1) is 0 Å². The molecule has 0 bridgehead atoms. The SMILES string of the molecule is C=C(OC(C)(C)C)c1cc2cc(C(F)(F)F)ccc2[nH]1. The van der Waals surface area contributed by atoms with Gasteiger partial charge in [0.2, 0.25) is 0 Å². The lowest BCUT2D eigenvalue weighted by molar-refractivity contribution is -0.137. The number of benzene rings is 1. The second kappa shape index (κ2) is 4.58. The lowest BCUT2D eigenvalue weighted by Crippen LogP contribution is -2.17. The summed E-state index contributed by atoms with van der Waals surface area (Å²) < 4.78 is 43.6. The molecule has 2 nitrogen and oxygen atoms in total. The Morgan fingerprint density at radius 3 is 2.35 bits per heavy atom. The van der Waals surface area contributed by atoms with Crippen LogP contribution >= 0.6 is 0 Å². The Bertz CT molecular complexity index is 647. The summed E-state index contributed by atoms with van der Waals surface area (Å²) in [5.74, 6) is 0.405. The first-order valence-corrected chi connectivity index (χ1v) is 6.14. The standard InChI is InChI=1S/C15H16F3NO/c1-9(20-14(2,3)4)13-8-10-7-11(15(16,17)18)5-6-12(10)19-13/h5-8,19H,1H2,2-4H3. The zero-order valence-electron chi connectivity index (χ0n) is 11.6. The van der Waals surface area contributed by atoms with E-state index in [0.29, 0.717) is 22.4 Å². The molecule has 0 aliphatic rings. The van der Waals surface area contributed by atoms with Crippen LogP contribution in [0.4, 0.5) is 13.2 Å². The van der Waals surface area contributed by atoms with Crippen LogP contribution in [0.3, 0.4) is 0 Å². The van der Waals surface area contributed by atoms with Crippen molar-refractivity contribution in [3.05, 3.63) is 42.1 Å². The van der Waals surface area contributed by atoms with E-state index in [0.717, 1.165) is 12.1 Å². The van der Waals surface area contributed by atoms with Gasteiger partial charge in [0.1, 0.15) is 11.4 Å². The molecular weight excluding hydrogens is 267 g/mol. The van der Waals surface area contributed by atoms with E-state index < -0.39 is 17.3 Å². The van der Waals surface area contributed by atoms with Crippen LogP contribution in [-0.4, -0.2) is 10.6 Å². The van der Waals surface area contributed by atoms with Gasteiger partial charge in [-0.1, -0.05) is 6.58 Å². The first kappa shape index (κ1) is 14.5. The van der Waals surface area contributed by atoms with Crippen LogP contribution in [0, 0.1) is 0 Å². The van der Waals surface area contributed by atoms with E-state index in [4.69, 9.17) is 4.74 Å². The van der Waals surface area contributed by atoms with Gasteiger partial charge in [-0.05, 0) is 45.0 Å². The van der Waals surface area contributed by atoms with Gasteiger partial charge in [0.25, 0.3) is 0 Å². The minimum absolute atomic E-state index is 0.405. The monoisotopic (exact) mass is 283 g/mol. The molecule has 0 aliphatic heterocycles. The number of ether oxygens (including phenoxy) is 1. The average Bonchev–Trinajstić information content (AvgIpc) is 2.67. The maximum Gasteiger partial charge on any atom is 0.416 e. The molecule has 108 valence electrons. The Labute approximate surface area is 115 Å². The second-order valence-electron chi connectivity index (χ2n) is 5.62.